The first-order chi connectivity index (χ1) is 10.7. The van der Waals surface area contributed by atoms with Gasteiger partial charge in [-0.2, -0.15) is 0 Å². The highest BCUT2D eigenvalue weighted by Gasteiger charge is 2.35. The molecule has 1 amide bonds. The number of carbonyl (C=O) groups excluding carboxylic acids is 1. The minimum Gasteiger partial charge on any atom is -0.353 e. The lowest BCUT2D eigenvalue weighted by molar-refractivity contribution is -0.135. The summed E-state index contributed by atoms with van der Waals surface area (Å²) >= 11 is 0. The summed E-state index contributed by atoms with van der Waals surface area (Å²) in [5.74, 6) is 2.33. The van der Waals surface area contributed by atoms with Gasteiger partial charge in [-0.1, -0.05) is 26.2 Å². The van der Waals surface area contributed by atoms with Crippen molar-refractivity contribution in [2.75, 3.05) is 20.1 Å². The molecule has 3 aliphatic rings. The van der Waals surface area contributed by atoms with Crippen LogP contribution in [0, 0.1) is 11.8 Å². The Labute approximate surface area is 133 Å². The molecule has 5 nitrogen and oxygen atoms in total. The van der Waals surface area contributed by atoms with Gasteiger partial charge >= 0.3 is 0 Å². The molecule has 0 aromatic carbocycles. The predicted molar refractivity (Wildman–Crippen MR) is 88.8 cm³/mol. The minimum atomic E-state index is 0.289. The van der Waals surface area contributed by atoms with Gasteiger partial charge in [-0.25, -0.2) is 0 Å². The summed E-state index contributed by atoms with van der Waals surface area (Å²) in [5, 5.41) is 6.95. The molecule has 2 N–H and O–H groups in total. The third-order valence-electron chi connectivity index (χ3n) is 5.45. The number of guanidine groups is 1. The zero-order chi connectivity index (χ0) is 15.5. The second-order valence-electron chi connectivity index (χ2n) is 7.29. The standard InChI is InChI=1S/C17H30N4O/c1-12-10-15(12)20-17(18-2)19-14-8-9-21(11-14)16(22)13-6-4-3-5-7-13/h12-15H,3-11H2,1-2H3,(H2,18,19,20). The zero-order valence-corrected chi connectivity index (χ0v) is 14.0. The first kappa shape index (κ1) is 15.6. The number of likely N-dealkylation sites (tertiary alicyclic amines) is 1. The largest absolute Gasteiger partial charge is 0.353 e. The van der Waals surface area contributed by atoms with Crippen LogP contribution in [0.5, 0.6) is 0 Å². The fourth-order valence-electron chi connectivity index (χ4n) is 3.75. The Morgan fingerprint density at radius 2 is 1.86 bits per heavy atom. The molecule has 2 saturated carbocycles. The molecule has 5 heteroatoms. The number of hydrogen-bond donors (Lipinski definition) is 2. The number of rotatable bonds is 3. The van der Waals surface area contributed by atoms with Gasteiger partial charge in [0.05, 0.1) is 0 Å². The molecule has 3 fully saturated rings. The lowest BCUT2D eigenvalue weighted by atomic mass is 9.88. The van der Waals surface area contributed by atoms with E-state index < -0.39 is 0 Å². The quantitative estimate of drug-likeness (QED) is 0.617. The molecular formula is C17H30N4O. The van der Waals surface area contributed by atoms with Gasteiger partial charge in [0, 0.05) is 38.1 Å². The average molecular weight is 306 g/mol. The van der Waals surface area contributed by atoms with Crippen molar-refractivity contribution in [3.63, 3.8) is 0 Å². The van der Waals surface area contributed by atoms with Crippen LogP contribution in [0.15, 0.2) is 4.99 Å². The summed E-state index contributed by atoms with van der Waals surface area (Å²) in [4.78, 5) is 19.0. The number of nitrogens with zero attached hydrogens (tertiary/aromatic N) is 2. The van der Waals surface area contributed by atoms with Crippen LogP contribution in [0.1, 0.15) is 51.9 Å². The molecule has 22 heavy (non-hydrogen) atoms. The van der Waals surface area contributed by atoms with Crippen molar-refractivity contribution in [1.82, 2.24) is 15.5 Å². The Morgan fingerprint density at radius 1 is 1.14 bits per heavy atom. The van der Waals surface area contributed by atoms with Crippen LogP contribution in [-0.2, 0) is 4.79 Å². The lowest BCUT2D eigenvalue weighted by Crippen LogP contribution is -2.46. The molecule has 1 saturated heterocycles. The maximum atomic E-state index is 12.6. The molecule has 124 valence electrons. The minimum absolute atomic E-state index is 0.289. The maximum absolute atomic E-state index is 12.6. The van der Waals surface area contributed by atoms with Crippen molar-refractivity contribution in [3.8, 4) is 0 Å². The summed E-state index contributed by atoms with van der Waals surface area (Å²) in [6.45, 7) is 3.98. The van der Waals surface area contributed by atoms with Crippen LogP contribution in [-0.4, -0.2) is 49.0 Å². The number of aliphatic imine (C=N–C) groups is 1. The fourth-order valence-corrected chi connectivity index (χ4v) is 3.75. The SMILES string of the molecule is CN=C(NC1CCN(C(=O)C2CCCCC2)C1)NC1CC1C. The van der Waals surface area contributed by atoms with Gasteiger partial charge in [-0.15, -0.1) is 0 Å². The summed E-state index contributed by atoms with van der Waals surface area (Å²) in [5.41, 5.74) is 0. The van der Waals surface area contributed by atoms with Crippen molar-refractivity contribution in [1.29, 1.82) is 0 Å². The van der Waals surface area contributed by atoms with Crippen LogP contribution in [0.3, 0.4) is 0 Å². The predicted octanol–water partition coefficient (Wildman–Crippen LogP) is 1.74. The number of hydrogen-bond acceptors (Lipinski definition) is 2. The van der Waals surface area contributed by atoms with E-state index in [1.54, 1.807) is 0 Å². The van der Waals surface area contributed by atoms with Crippen LogP contribution >= 0.6 is 0 Å². The molecule has 1 heterocycles. The van der Waals surface area contributed by atoms with E-state index in [1.165, 1.54) is 25.7 Å². The lowest BCUT2D eigenvalue weighted by Gasteiger charge is -2.26. The van der Waals surface area contributed by atoms with Crippen molar-refractivity contribution in [3.05, 3.63) is 0 Å². The maximum Gasteiger partial charge on any atom is 0.225 e. The summed E-state index contributed by atoms with van der Waals surface area (Å²) in [6, 6.07) is 0.917. The van der Waals surface area contributed by atoms with Crippen molar-refractivity contribution >= 4 is 11.9 Å². The third-order valence-corrected chi connectivity index (χ3v) is 5.45. The number of amides is 1. The molecule has 0 spiro atoms. The Hall–Kier alpha value is -1.26. The van der Waals surface area contributed by atoms with E-state index in [-0.39, 0.29) is 5.92 Å². The molecule has 0 aromatic heterocycles. The van der Waals surface area contributed by atoms with Gasteiger partial charge in [-0.3, -0.25) is 9.79 Å². The van der Waals surface area contributed by atoms with Gasteiger partial charge in [0.2, 0.25) is 5.91 Å². The van der Waals surface area contributed by atoms with Crippen LogP contribution in [0.4, 0.5) is 0 Å². The van der Waals surface area contributed by atoms with Gasteiger partial charge in [0.25, 0.3) is 0 Å². The Balaban J connectivity index is 1.45. The highest BCUT2D eigenvalue weighted by Crippen LogP contribution is 2.29. The molecule has 3 unspecified atom stereocenters. The molecule has 0 aromatic rings. The average Bonchev–Trinajstić information content (AvgIpc) is 3.04. The normalized spacial score (nSPS) is 32.9. The third kappa shape index (κ3) is 3.73. The van der Waals surface area contributed by atoms with E-state index in [0.717, 1.165) is 44.2 Å². The fraction of sp³-hybridized carbons (Fsp3) is 0.882. The van der Waals surface area contributed by atoms with E-state index in [2.05, 4.69) is 27.4 Å². The first-order valence-corrected chi connectivity index (χ1v) is 8.96. The Morgan fingerprint density at radius 3 is 2.50 bits per heavy atom. The highest BCUT2D eigenvalue weighted by atomic mass is 16.2. The second kappa shape index (κ2) is 6.88. The number of carbonyl (C=O) groups is 1. The molecule has 3 atom stereocenters. The van der Waals surface area contributed by atoms with Crippen molar-refractivity contribution in [2.45, 2.75) is 64.0 Å². The smallest absolute Gasteiger partial charge is 0.225 e. The van der Waals surface area contributed by atoms with E-state index in [1.807, 2.05) is 7.05 Å². The van der Waals surface area contributed by atoms with E-state index in [4.69, 9.17) is 0 Å². The monoisotopic (exact) mass is 306 g/mol. The van der Waals surface area contributed by atoms with Gasteiger partial charge in [0.15, 0.2) is 5.96 Å². The second-order valence-corrected chi connectivity index (χ2v) is 7.29. The Kier molecular flexibility index (Phi) is 4.89. The molecule has 0 radical (unpaired) electrons. The molecule has 0 bridgehead atoms. The van der Waals surface area contributed by atoms with Crippen LogP contribution in [0.2, 0.25) is 0 Å². The van der Waals surface area contributed by atoms with E-state index >= 15 is 0 Å². The van der Waals surface area contributed by atoms with Crippen molar-refractivity contribution in [2.24, 2.45) is 16.8 Å². The van der Waals surface area contributed by atoms with Gasteiger partial charge in [-0.05, 0) is 31.6 Å². The highest BCUT2D eigenvalue weighted by molar-refractivity contribution is 5.81. The molecule has 1 aliphatic heterocycles. The summed E-state index contributed by atoms with van der Waals surface area (Å²) < 4.78 is 0. The molecule has 3 rings (SSSR count). The van der Waals surface area contributed by atoms with Crippen LogP contribution < -0.4 is 10.6 Å². The Bertz CT molecular complexity index is 430. The van der Waals surface area contributed by atoms with Gasteiger partial charge in [0.1, 0.15) is 0 Å². The topological polar surface area (TPSA) is 56.7 Å². The molecule has 2 aliphatic carbocycles. The van der Waals surface area contributed by atoms with Gasteiger partial charge < -0.3 is 15.5 Å². The van der Waals surface area contributed by atoms with Crippen LogP contribution in [0.25, 0.3) is 0 Å². The molecular weight excluding hydrogens is 276 g/mol. The summed E-state index contributed by atoms with van der Waals surface area (Å²) in [6.07, 6.45) is 8.20. The van der Waals surface area contributed by atoms with E-state index in [0.29, 0.717) is 18.0 Å². The van der Waals surface area contributed by atoms with E-state index in [9.17, 15) is 4.79 Å². The first-order valence-electron chi connectivity index (χ1n) is 8.96. The van der Waals surface area contributed by atoms with Crippen molar-refractivity contribution < 1.29 is 4.79 Å². The number of nitrogens with one attached hydrogen (secondary N) is 2. The summed E-state index contributed by atoms with van der Waals surface area (Å²) in [7, 11) is 1.82. The zero-order valence-electron chi connectivity index (χ0n) is 14.0.